The van der Waals surface area contributed by atoms with E-state index in [0.29, 0.717) is 10.4 Å². The molecule has 0 radical (unpaired) electrons. The van der Waals surface area contributed by atoms with Crippen molar-refractivity contribution in [3.63, 3.8) is 0 Å². The molecular formula is C25H25Cl2F3N4O6S. The fraction of sp³-hybridized carbons (Fsp3) is 0.320. The summed E-state index contributed by atoms with van der Waals surface area (Å²) in [4.78, 5) is 19.8. The number of carbonyl (C=O) groups excluding carboxylic acids is 1. The Hall–Kier alpha value is -3.17. The molecule has 2 aromatic heterocycles. The maximum atomic E-state index is 13.7. The third-order valence-electron chi connectivity index (χ3n) is 5.24. The lowest BCUT2D eigenvalue weighted by Crippen LogP contribution is -2.35. The number of nitrogens with zero attached hydrogens (tertiary/aromatic N) is 3. The second-order valence-corrected chi connectivity index (χ2v) is 12.1. The Bertz CT molecular complexity index is 1530. The number of nitrogens with one attached hydrogen (secondary N) is 1. The number of pyridine rings is 2. The van der Waals surface area contributed by atoms with Gasteiger partial charge in [-0.25, -0.2) is 22.5 Å². The Morgan fingerprint density at radius 2 is 1.78 bits per heavy atom. The van der Waals surface area contributed by atoms with E-state index in [0.717, 1.165) is 19.2 Å². The van der Waals surface area contributed by atoms with Crippen molar-refractivity contribution in [2.24, 2.45) is 0 Å². The van der Waals surface area contributed by atoms with E-state index in [9.17, 15) is 31.5 Å². The average molecular weight is 637 g/mol. The summed E-state index contributed by atoms with van der Waals surface area (Å²) in [6, 6.07) is 6.12. The van der Waals surface area contributed by atoms with Gasteiger partial charge in [-0.3, -0.25) is 10.3 Å². The summed E-state index contributed by atoms with van der Waals surface area (Å²) >= 11 is 12.1. The van der Waals surface area contributed by atoms with Crippen LogP contribution in [0.15, 0.2) is 53.7 Å². The van der Waals surface area contributed by atoms with Crippen LogP contribution in [0.5, 0.6) is 0 Å². The van der Waals surface area contributed by atoms with Crippen molar-refractivity contribution in [2.75, 3.05) is 23.5 Å². The van der Waals surface area contributed by atoms with Gasteiger partial charge in [0.2, 0.25) is 0 Å². The molecule has 0 fully saturated rings. The lowest BCUT2D eigenvalue weighted by atomic mass is 10.1. The highest BCUT2D eigenvalue weighted by Gasteiger charge is 2.37. The van der Waals surface area contributed by atoms with Crippen LogP contribution in [0, 0.1) is 0 Å². The second kappa shape index (κ2) is 12.4. The maximum Gasteiger partial charge on any atom is 0.417 e. The molecule has 0 aliphatic carbocycles. The Morgan fingerprint density at radius 3 is 2.39 bits per heavy atom. The first-order chi connectivity index (χ1) is 19.0. The van der Waals surface area contributed by atoms with E-state index in [2.05, 4.69) is 15.3 Å². The highest BCUT2D eigenvalue weighted by atomic mass is 35.5. The van der Waals surface area contributed by atoms with Crippen LogP contribution >= 0.6 is 23.2 Å². The molecule has 16 heteroatoms. The third kappa shape index (κ3) is 7.57. The molecule has 0 saturated carbocycles. The Balaban J connectivity index is 2.15. The molecule has 2 heterocycles. The van der Waals surface area contributed by atoms with Gasteiger partial charge in [0.25, 0.3) is 10.0 Å². The van der Waals surface area contributed by atoms with Crippen molar-refractivity contribution in [1.29, 1.82) is 0 Å². The molecule has 3 aromatic rings. The van der Waals surface area contributed by atoms with E-state index in [-0.39, 0.29) is 27.8 Å². The van der Waals surface area contributed by atoms with Gasteiger partial charge in [-0.05, 0) is 51.1 Å². The van der Waals surface area contributed by atoms with Gasteiger partial charge in [0.1, 0.15) is 24.3 Å². The number of benzene rings is 1. The van der Waals surface area contributed by atoms with Crippen LogP contribution in [0.2, 0.25) is 10.0 Å². The van der Waals surface area contributed by atoms with Crippen molar-refractivity contribution in [2.45, 2.75) is 43.5 Å². The number of alkyl halides is 3. The van der Waals surface area contributed by atoms with Crippen LogP contribution in [-0.2, 0) is 25.7 Å². The van der Waals surface area contributed by atoms with Crippen molar-refractivity contribution in [3.05, 3.63) is 75.7 Å². The minimum Gasteiger partial charge on any atom is -0.444 e. The first kappa shape index (κ1) is 32.3. The summed E-state index contributed by atoms with van der Waals surface area (Å²) in [5, 5.41) is 12.9. The molecule has 2 N–H and O–H groups in total. The van der Waals surface area contributed by atoms with Crippen molar-refractivity contribution in [3.8, 4) is 0 Å². The summed E-state index contributed by atoms with van der Waals surface area (Å²) in [6.45, 7) is 4.21. The predicted molar refractivity (Wildman–Crippen MR) is 145 cm³/mol. The minimum absolute atomic E-state index is 0.0185. The number of hydrogen-bond acceptors (Lipinski definition) is 8. The fourth-order valence-corrected chi connectivity index (χ4v) is 5.53. The van der Waals surface area contributed by atoms with Crippen molar-refractivity contribution >= 4 is 50.8 Å². The summed E-state index contributed by atoms with van der Waals surface area (Å²) in [6.07, 6.45) is -5.05. The molecule has 1 amide bonds. The lowest BCUT2D eigenvalue weighted by molar-refractivity contribution is -0.137. The number of ether oxygens (including phenoxy) is 2. The van der Waals surface area contributed by atoms with Crippen LogP contribution < -0.4 is 9.62 Å². The third-order valence-corrected chi connectivity index (χ3v) is 7.59. The Labute approximate surface area is 244 Å². The van der Waals surface area contributed by atoms with Gasteiger partial charge >= 0.3 is 12.3 Å². The largest absolute Gasteiger partial charge is 0.444 e. The number of anilines is 2. The van der Waals surface area contributed by atoms with Gasteiger partial charge in [-0.2, -0.15) is 13.2 Å². The van der Waals surface area contributed by atoms with Gasteiger partial charge in [-0.15, -0.1) is 0 Å². The molecule has 3 rings (SSSR count). The van der Waals surface area contributed by atoms with E-state index in [1.165, 1.54) is 30.6 Å². The molecule has 41 heavy (non-hydrogen) atoms. The molecule has 0 bridgehead atoms. The molecule has 1 aromatic carbocycles. The number of rotatable bonds is 8. The van der Waals surface area contributed by atoms with E-state index >= 15 is 0 Å². The first-order valence-electron chi connectivity index (χ1n) is 11.6. The quantitative estimate of drug-likeness (QED) is 0.287. The molecule has 222 valence electrons. The topological polar surface area (TPSA) is 131 Å². The summed E-state index contributed by atoms with van der Waals surface area (Å²) in [5.41, 5.74) is -2.96. The van der Waals surface area contributed by atoms with Crippen LogP contribution in [-0.4, -0.2) is 49.0 Å². The molecule has 10 nitrogen and oxygen atoms in total. The zero-order chi connectivity index (χ0) is 30.8. The van der Waals surface area contributed by atoms with Crippen LogP contribution in [0.25, 0.3) is 0 Å². The molecule has 1 unspecified atom stereocenters. The van der Waals surface area contributed by atoms with Gasteiger partial charge in [0.15, 0.2) is 0 Å². The van der Waals surface area contributed by atoms with Crippen molar-refractivity contribution < 1.29 is 41.0 Å². The number of methoxy groups -OCH3 is 1. The maximum absolute atomic E-state index is 13.7. The number of carbonyl (C=O) groups is 1. The molecule has 0 aliphatic rings. The van der Waals surface area contributed by atoms with Gasteiger partial charge in [0, 0.05) is 25.1 Å². The average Bonchev–Trinajstić information content (AvgIpc) is 2.85. The molecular weight excluding hydrogens is 612 g/mol. The molecule has 0 aliphatic heterocycles. The highest BCUT2D eigenvalue weighted by Crippen LogP contribution is 2.41. The molecule has 1 atom stereocenters. The normalized spacial score (nSPS) is 13.0. The highest BCUT2D eigenvalue weighted by molar-refractivity contribution is 7.92. The van der Waals surface area contributed by atoms with E-state index in [4.69, 9.17) is 32.7 Å². The van der Waals surface area contributed by atoms with Gasteiger partial charge in [0.05, 0.1) is 31.9 Å². The number of aromatic nitrogens is 2. The minimum atomic E-state index is -4.94. The number of aliphatic hydroxyl groups excluding tert-OH is 1. The molecule has 0 saturated heterocycles. The molecule has 0 spiro atoms. The number of halogens is 5. The standard InChI is InChI=1S/C25H25Cl2F3N4O6S/c1-24(2,3)40-23(36)33-22-15(6-5-10-32-22)21(35)19-20(18(27)9-11-31-19)34(13-39-4)41(37,38)14-7-8-17(26)16(12-14)25(28,29)30/h5-12,21,35H,13H2,1-4H3,(H,32,33,36). The lowest BCUT2D eigenvalue weighted by Gasteiger charge is -2.28. The summed E-state index contributed by atoms with van der Waals surface area (Å²) in [7, 11) is -3.67. The monoisotopic (exact) mass is 636 g/mol. The SMILES string of the molecule is COCN(c1c(Cl)ccnc1C(O)c1cccnc1NC(=O)OC(C)(C)C)S(=O)(=O)c1ccc(Cl)c(C(F)(F)F)c1. The Morgan fingerprint density at radius 1 is 1.10 bits per heavy atom. The van der Waals surface area contributed by atoms with E-state index in [1.54, 1.807) is 20.8 Å². The first-order valence-corrected chi connectivity index (χ1v) is 13.8. The zero-order valence-electron chi connectivity index (χ0n) is 22.0. The zero-order valence-corrected chi connectivity index (χ0v) is 24.4. The fourth-order valence-electron chi connectivity index (χ4n) is 3.56. The van der Waals surface area contributed by atoms with Crippen LogP contribution in [0.3, 0.4) is 0 Å². The van der Waals surface area contributed by atoms with E-state index in [1.807, 2.05) is 0 Å². The second-order valence-electron chi connectivity index (χ2n) is 9.41. The van der Waals surface area contributed by atoms with E-state index < -0.39 is 56.2 Å². The Kier molecular flexibility index (Phi) is 9.76. The van der Waals surface area contributed by atoms with Gasteiger partial charge in [-0.1, -0.05) is 29.3 Å². The number of hydrogen-bond donors (Lipinski definition) is 2. The predicted octanol–water partition coefficient (Wildman–Crippen LogP) is 6.03. The number of sulfonamides is 1. The smallest absolute Gasteiger partial charge is 0.417 e. The summed E-state index contributed by atoms with van der Waals surface area (Å²) in [5.74, 6) is -0.129. The van der Waals surface area contributed by atoms with Crippen LogP contribution in [0.4, 0.5) is 29.5 Å². The van der Waals surface area contributed by atoms with Crippen molar-refractivity contribution in [1.82, 2.24) is 9.97 Å². The van der Waals surface area contributed by atoms with Gasteiger partial charge < -0.3 is 14.6 Å². The van der Waals surface area contributed by atoms with Crippen LogP contribution in [0.1, 0.15) is 43.7 Å². The number of aliphatic hydroxyl groups is 1. The number of amides is 1. The summed E-state index contributed by atoms with van der Waals surface area (Å²) < 4.78 is 78.8.